The fourth-order valence-corrected chi connectivity index (χ4v) is 2.27. The van der Waals surface area contributed by atoms with E-state index in [0.717, 1.165) is 18.2 Å². The molecule has 2 rings (SSSR count). The molecule has 27 heavy (non-hydrogen) atoms. The number of methoxy groups -OCH3 is 1. The van der Waals surface area contributed by atoms with E-state index in [2.05, 4.69) is 20.4 Å². The fraction of sp³-hybridized carbons (Fsp3) is 0.278. The maximum atomic E-state index is 13.7. The number of aliphatic imine (C=N–C) groups is 1. The second-order valence-electron chi connectivity index (χ2n) is 5.37. The number of benzene rings is 2. The molecule has 0 atom stereocenters. The number of nitrogens with one attached hydrogen (secondary N) is 2. The van der Waals surface area contributed by atoms with E-state index in [0.29, 0.717) is 11.3 Å². The Hall–Kier alpha value is -2.97. The molecule has 0 spiro atoms. The lowest BCUT2D eigenvalue weighted by Gasteiger charge is -2.15. The van der Waals surface area contributed by atoms with Gasteiger partial charge in [0, 0.05) is 37.3 Å². The monoisotopic (exact) mass is 385 g/mol. The van der Waals surface area contributed by atoms with Gasteiger partial charge in [-0.05, 0) is 30.3 Å². The van der Waals surface area contributed by atoms with Crippen molar-refractivity contribution >= 4 is 5.96 Å². The predicted octanol–water partition coefficient (Wildman–Crippen LogP) is 3.44. The minimum Gasteiger partial charge on any atom is -0.497 e. The summed E-state index contributed by atoms with van der Waals surface area (Å²) in [4.78, 5) is 3.96. The van der Waals surface area contributed by atoms with Gasteiger partial charge in [-0.3, -0.25) is 4.99 Å². The molecule has 0 radical (unpaired) electrons. The molecule has 0 saturated heterocycles. The molecule has 2 aromatic rings. The minimum absolute atomic E-state index is 0.00767. The third kappa shape index (κ3) is 6.05. The lowest BCUT2D eigenvalue weighted by atomic mass is 10.2. The van der Waals surface area contributed by atoms with Gasteiger partial charge in [0.25, 0.3) is 0 Å². The first-order chi connectivity index (χ1) is 12.9. The van der Waals surface area contributed by atoms with Crippen molar-refractivity contribution in [2.24, 2.45) is 4.99 Å². The molecule has 0 amide bonds. The molecule has 0 saturated carbocycles. The van der Waals surface area contributed by atoms with Crippen LogP contribution in [0.5, 0.6) is 11.5 Å². The van der Waals surface area contributed by atoms with Crippen molar-refractivity contribution < 1.29 is 27.0 Å². The van der Waals surface area contributed by atoms with Gasteiger partial charge in [-0.2, -0.15) is 8.78 Å². The van der Waals surface area contributed by atoms with Crippen LogP contribution < -0.4 is 20.1 Å². The molecule has 9 heteroatoms. The molecule has 0 aromatic heterocycles. The number of ether oxygens (including phenoxy) is 2. The van der Waals surface area contributed by atoms with E-state index < -0.39 is 18.2 Å². The highest BCUT2D eigenvalue weighted by Gasteiger charge is 2.12. The van der Waals surface area contributed by atoms with Crippen LogP contribution in [0.15, 0.2) is 41.4 Å². The maximum absolute atomic E-state index is 13.7. The van der Waals surface area contributed by atoms with E-state index in [1.165, 1.54) is 20.2 Å². The van der Waals surface area contributed by atoms with Crippen molar-refractivity contribution in [2.75, 3.05) is 14.2 Å². The summed E-state index contributed by atoms with van der Waals surface area (Å²) in [6, 6.07) is 7.67. The third-order valence-electron chi connectivity index (χ3n) is 3.61. The Bertz CT molecular complexity index is 800. The summed E-state index contributed by atoms with van der Waals surface area (Å²) in [6.07, 6.45) is 0. The van der Waals surface area contributed by atoms with Gasteiger partial charge in [-0.15, -0.1) is 0 Å². The number of hydrogen-bond acceptors (Lipinski definition) is 3. The van der Waals surface area contributed by atoms with E-state index in [9.17, 15) is 17.6 Å². The largest absolute Gasteiger partial charge is 0.497 e. The van der Waals surface area contributed by atoms with Gasteiger partial charge in [0.05, 0.1) is 7.11 Å². The zero-order chi connectivity index (χ0) is 19.8. The van der Waals surface area contributed by atoms with Crippen LogP contribution in [0.1, 0.15) is 11.1 Å². The average molecular weight is 385 g/mol. The van der Waals surface area contributed by atoms with Gasteiger partial charge in [0.1, 0.15) is 23.1 Å². The first-order valence-electron chi connectivity index (χ1n) is 7.93. The van der Waals surface area contributed by atoms with Gasteiger partial charge in [-0.1, -0.05) is 0 Å². The Balaban J connectivity index is 2.02. The Morgan fingerprint density at radius 3 is 2.37 bits per heavy atom. The summed E-state index contributed by atoms with van der Waals surface area (Å²) in [7, 11) is 2.90. The van der Waals surface area contributed by atoms with E-state index in [1.54, 1.807) is 12.1 Å². The molecule has 0 aliphatic carbocycles. The van der Waals surface area contributed by atoms with Gasteiger partial charge in [0.15, 0.2) is 5.96 Å². The number of hydrogen-bond donors (Lipinski definition) is 2. The van der Waals surface area contributed by atoms with Gasteiger partial charge in [0.2, 0.25) is 0 Å². The maximum Gasteiger partial charge on any atom is 0.387 e. The zero-order valence-electron chi connectivity index (χ0n) is 14.7. The van der Waals surface area contributed by atoms with Crippen molar-refractivity contribution in [1.82, 2.24) is 10.6 Å². The standard InChI is InChI=1S/C18H19F4N3O2/c1-23-18(25-10-12-7-13(19)4-6-15(12)20)24-9-11-3-5-14(26-2)8-16(11)27-17(21)22/h3-8,17H,9-10H2,1-2H3,(H2,23,24,25). The van der Waals surface area contributed by atoms with Crippen molar-refractivity contribution in [3.8, 4) is 11.5 Å². The highest BCUT2D eigenvalue weighted by atomic mass is 19.3. The van der Waals surface area contributed by atoms with Crippen LogP contribution in [0.25, 0.3) is 0 Å². The normalized spacial score (nSPS) is 11.4. The number of nitrogens with zero attached hydrogens (tertiary/aromatic N) is 1. The number of guanidine groups is 1. The van der Waals surface area contributed by atoms with Gasteiger partial charge >= 0.3 is 6.61 Å². The average Bonchev–Trinajstić information content (AvgIpc) is 2.64. The SMILES string of the molecule is CN=C(NCc1cc(F)ccc1F)NCc1ccc(OC)cc1OC(F)F. The topological polar surface area (TPSA) is 54.9 Å². The molecule has 146 valence electrons. The lowest BCUT2D eigenvalue weighted by Crippen LogP contribution is -2.36. The molecule has 0 heterocycles. The fourth-order valence-electron chi connectivity index (χ4n) is 2.27. The summed E-state index contributed by atoms with van der Waals surface area (Å²) in [6.45, 7) is -2.88. The van der Waals surface area contributed by atoms with Crippen LogP contribution >= 0.6 is 0 Å². The number of halogens is 4. The minimum atomic E-state index is -2.98. The van der Waals surface area contributed by atoms with E-state index in [-0.39, 0.29) is 30.4 Å². The van der Waals surface area contributed by atoms with Crippen molar-refractivity contribution in [2.45, 2.75) is 19.7 Å². The summed E-state index contributed by atoms with van der Waals surface area (Å²) < 4.78 is 61.6. The predicted molar refractivity (Wildman–Crippen MR) is 93.0 cm³/mol. The van der Waals surface area contributed by atoms with Crippen molar-refractivity contribution in [1.29, 1.82) is 0 Å². The van der Waals surface area contributed by atoms with E-state index in [4.69, 9.17) is 4.74 Å². The Morgan fingerprint density at radius 1 is 1.04 bits per heavy atom. The number of rotatable bonds is 7. The molecule has 2 N–H and O–H groups in total. The smallest absolute Gasteiger partial charge is 0.387 e. The van der Waals surface area contributed by atoms with Crippen LogP contribution in [-0.2, 0) is 13.1 Å². The molecule has 0 unspecified atom stereocenters. The van der Waals surface area contributed by atoms with Crippen LogP contribution in [0.3, 0.4) is 0 Å². The molecule has 2 aromatic carbocycles. The summed E-state index contributed by atoms with van der Waals surface area (Å²) >= 11 is 0. The molecule has 0 bridgehead atoms. The molecule has 5 nitrogen and oxygen atoms in total. The van der Waals surface area contributed by atoms with Crippen LogP contribution in [0, 0.1) is 11.6 Å². The molecule has 0 aliphatic heterocycles. The van der Waals surface area contributed by atoms with Gasteiger partial charge in [-0.25, -0.2) is 8.78 Å². The summed E-state index contributed by atoms with van der Waals surface area (Å²) in [5.41, 5.74) is 0.570. The molecular formula is C18H19F4N3O2. The van der Waals surface area contributed by atoms with Crippen LogP contribution in [-0.4, -0.2) is 26.7 Å². The van der Waals surface area contributed by atoms with Gasteiger partial charge < -0.3 is 20.1 Å². The number of alkyl halides is 2. The summed E-state index contributed by atoms with van der Waals surface area (Å²) in [5, 5.41) is 5.72. The lowest BCUT2D eigenvalue weighted by molar-refractivity contribution is -0.0505. The highest BCUT2D eigenvalue weighted by Crippen LogP contribution is 2.26. The van der Waals surface area contributed by atoms with Crippen molar-refractivity contribution in [3.05, 3.63) is 59.2 Å². The second-order valence-corrected chi connectivity index (χ2v) is 5.37. The quantitative estimate of drug-likeness (QED) is 0.436. The Labute approximate surface area is 154 Å². The van der Waals surface area contributed by atoms with Crippen LogP contribution in [0.4, 0.5) is 17.6 Å². The Morgan fingerprint density at radius 2 is 1.74 bits per heavy atom. The zero-order valence-corrected chi connectivity index (χ0v) is 14.7. The summed E-state index contributed by atoms with van der Waals surface area (Å²) in [5.74, 6) is -0.496. The Kier molecular flexibility index (Phi) is 7.27. The van der Waals surface area contributed by atoms with Crippen LogP contribution in [0.2, 0.25) is 0 Å². The first kappa shape index (κ1) is 20.3. The third-order valence-corrected chi connectivity index (χ3v) is 3.61. The van der Waals surface area contributed by atoms with E-state index in [1.807, 2.05) is 0 Å². The highest BCUT2D eigenvalue weighted by molar-refractivity contribution is 5.79. The second kappa shape index (κ2) is 9.65. The van der Waals surface area contributed by atoms with Crippen molar-refractivity contribution in [3.63, 3.8) is 0 Å². The molecular weight excluding hydrogens is 366 g/mol. The first-order valence-corrected chi connectivity index (χ1v) is 7.93. The molecule has 0 fully saturated rings. The van der Waals surface area contributed by atoms with E-state index >= 15 is 0 Å². The molecule has 0 aliphatic rings.